The predicted molar refractivity (Wildman–Crippen MR) is 71.8 cm³/mol. The molecule has 1 rings (SSSR count). The van der Waals surface area contributed by atoms with Crippen molar-refractivity contribution in [3.8, 4) is 11.5 Å². The van der Waals surface area contributed by atoms with Crippen LogP contribution in [0.5, 0.6) is 11.5 Å². The van der Waals surface area contributed by atoms with Gasteiger partial charge in [-0.15, -0.1) is 11.6 Å². The summed E-state index contributed by atoms with van der Waals surface area (Å²) >= 11 is 5.82. The van der Waals surface area contributed by atoms with Gasteiger partial charge in [-0.25, -0.2) is 0 Å². The molecule has 100 valence electrons. The number of hydrogen-bond donors (Lipinski definition) is 1. The Balaban J connectivity index is 2.79. The van der Waals surface area contributed by atoms with E-state index in [1.165, 1.54) is 14.2 Å². The van der Waals surface area contributed by atoms with Crippen molar-refractivity contribution < 1.29 is 14.3 Å². The molecule has 1 aromatic carbocycles. The van der Waals surface area contributed by atoms with Crippen molar-refractivity contribution in [1.29, 1.82) is 0 Å². The van der Waals surface area contributed by atoms with Crippen molar-refractivity contribution in [3.05, 3.63) is 23.8 Å². The van der Waals surface area contributed by atoms with Gasteiger partial charge in [-0.2, -0.15) is 0 Å². The van der Waals surface area contributed by atoms with Crippen molar-refractivity contribution in [1.82, 2.24) is 5.32 Å². The van der Waals surface area contributed by atoms with Gasteiger partial charge in [0.05, 0.1) is 19.8 Å². The summed E-state index contributed by atoms with van der Waals surface area (Å²) in [4.78, 5) is 12.0. The summed E-state index contributed by atoms with van der Waals surface area (Å²) in [6.45, 7) is 2.42. The van der Waals surface area contributed by atoms with E-state index < -0.39 is 0 Å². The number of ether oxygens (including phenoxy) is 2. The Morgan fingerprint density at radius 1 is 1.39 bits per heavy atom. The lowest BCUT2D eigenvalue weighted by Gasteiger charge is -2.12. The van der Waals surface area contributed by atoms with E-state index >= 15 is 0 Å². The molecule has 1 aromatic rings. The van der Waals surface area contributed by atoms with Crippen LogP contribution >= 0.6 is 11.6 Å². The van der Waals surface area contributed by atoms with Crippen LogP contribution in [0.3, 0.4) is 0 Å². The van der Waals surface area contributed by atoms with E-state index in [1.54, 1.807) is 18.2 Å². The van der Waals surface area contributed by atoms with E-state index in [1.807, 2.05) is 6.92 Å². The third-order valence-electron chi connectivity index (χ3n) is 2.48. The zero-order valence-electron chi connectivity index (χ0n) is 10.8. The second kappa shape index (κ2) is 7.11. The molecule has 0 aliphatic rings. The molecule has 0 radical (unpaired) electrons. The summed E-state index contributed by atoms with van der Waals surface area (Å²) in [5.74, 6) is 0.787. The average molecular weight is 272 g/mol. The molecule has 0 heterocycles. The number of rotatable bonds is 6. The number of alkyl halides is 1. The molecule has 1 amide bonds. The predicted octanol–water partition coefficient (Wildman–Crippen LogP) is 2.45. The van der Waals surface area contributed by atoms with Crippen LogP contribution in [-0.4, -0.2) is 32.0 Å². The number of carbonyl (C=O) groups excluding carboxylic acids is 1. The molecule has 0 spiro atoms. The van der Waals surface area contributed by atoms with E-state index in [0.717, 1.165) is 6.42 Å². The maximum absolute atomic E-state index is 12.0. The number of amides is 1. The number of nitrogens with one attached hydrogen (secondary N) is 1. The first-order valence-corrected chi connectivity index (χ1v) is 6.17. The van der Waals surface area contributed by atoms with Gasteiger partial charge in [0.1, 0.15) is 0 Å². The molecule has 0 saturated carbocycles. The SMILES string of the molecule is COc1cccc(C(=O)NCCC(C)Cl)c1OC. The summed E-state index contributed by atoms with van der Waals surface area (Å²) < 4.78 is 10.3. The van der Waals surface area contributed by atoms with Gasteiger partial charge >= 0.3 is 0 Å². The summed E-state index contributed by atoms with van der Waals surface area (Å²) in [5, 5.41) is 2.84. The third-order valence-corrected chi connectivity index (χ3v) is 2.69. The summed E-state index contributed by atoms with van der Waals surface area (Å²) in [5.41, 5.74) is 0.457. The van der Waals surface area contributed by atoms with Crippen LogP contribution in [-0.2, 0) is 0 Å². The summed E-state index contributed by atoms with van der Waals surface area (Å²) in [6.07, 6.45) is 0.722. The molecule has 5 heteroatoms. The van der Waals surface area contributed by atoms with Crippen LogP contribution in [0, 0.1) is 0 Å². The largest absolute Gasteiger partial charge is 0.493 e. The maximum atomic E-state index is 12.0. The first-order chi connectivity index (χ1) is 8.60. The highest BCUT2D eigenvalue weighted by Gasteiger charge is 2.15. The second-order valence-electron chi connectivity index (χ2n) is 3.87. The van der Waals surface area contributed by atoms with E-state index in [-0.39, 0.29) is 11.3 Å². The molecule has 0 aromatic heterocycles. The highest BCUT2D eigenvalue weighted by molar-refractivity contribution is 6.20. The van der Waals surface area contributed by atoms with Gasteiger partial charge in [-0.05, 0) is 25.5 Å². The van der Waals surface area contributed by atoms with Crippen molar-refractivity contribution in [2.45, 2.75) is 18.7 Å². The van der Waals surface area contributed by atoms with Crippen LogP contribution in [0.15, 0.2) is 18.2 Å². The van der Waals surface area contributed by atoms with Gasteiger partial charge in [0.15, 0.2) is 11.5 Å². The average Bonchev–Trinajstić information content (AvgIpc) is 2.36. The fourth-order valence-corrected chi connectivity index (χ4v) is 1.65. The fraction of sp³-hybridized carbons (Fsp3) is 0.462. The maximum Gasteiger partial charge on any atom is 0.255 e. The Hall–Kier alpha value is -1.42. The molecule has 18 heavy (non-hydrogen) atoms. The van der Waals surface area contributed by atoms with Crippen LogP contribution in [0.25, 0.3) is 0 Å². The van der Waals surface area contributed by atoms with Gasteiger partial charge in [-0.1, -0.05) is 6.07 Å². The molecule has 0 fully saturated rings. The van der Waals surface area contributed by atoms with Gasteiger partial charge < -0.3 is 14.8 Å². The molecule has 0 aliphatic carbocycles. The van der Waals surface area contributed by atoms with Crippen LogP contribution in [0.1, 0.15) is 23.7 Å². The highest BCUT2D eigenvalue weighted by Crippen LogP contribution is 2.30. The molecule has 4 nitrogen and oxygen atoms in total. The highest BCUT2D eigenvalue weighted by atomic mass is 35.5. The lowest BCUT2D eigenvalue weighted by molar-refractivity contribution is 0.0949. The second-order valence-corrected chi connectivity index (χ2v) is 4.61. The van der Waals surface area contributed by atoms with Crippen LogP contribution in [0.2, 0.25) is 0 Å². The molecule has 1 N–H and O–H groups in total. The number of halogens is 1. The van der Waals surface area contributed by atoms with E-state index in [2.05, 4.69) is 5.32 Å². The Morgan fingerprint density at radius 2 is 2.11 bits per heavy atom. The molecule has 0 saturated heterocycles. The summed E-state index contributed by atoms with van der Waals surface area (Å²) in [6, 6.07) is 5.19. The fourth-order valence-electron chi connectivity index (χ4n) is 1.55. The molecule has 1 atom stereocenters. The van der Waals surface area contributed by atoms with Gasteiger partial charge in [0.2, 0.25) is 0 Å². The van der Waals surface area contributed by atoms with Crippen molar-refractivity contribution in [2.24, 2.45) is 0 Å². The van der Waals surface area contributed by atoms with Crippen LogP contribution in [0.4, 0.5) is 0 Å². The minimum absolute atomic E-state index is 0.0394. The molecule has 1 unspecified atom stereocenters. The molecular weight excluding hydrogens is 254 g/mol. The Bertz CT molecular complexity index is 407. The Morgan fingerprint density at radius 3 is 2.67 bits per heavy atom. The third kappa shape index (κ3) is 3.81. The van der Waals surface area contributed by atoms with Crippen molar-refractivity contribution in [3.63, 3.8) is 0 Å². The van der Waals surface area contributed by atoms with E-state index in [9.17, 15) is 4.79 Å². The monoisotopic (exact) mass is 271 g/mol. The van der Waals surface area contributed by atoms with Gasteiger partial charge in [0.25, 0.3) is 5.91 Å². The molecule has 0 aliphatic heterocycles. The lowest BCUT2D eigenvalue weighted by atomic mass is 10.1. The van der Waals surface area contributed by atoms with E-state index in [4.69, 9.17) is 21.1 Å². The Kier molecular flexibility index (Phi) is 5.78. The molecule has 0 bridgehead atoms. The quantitative estimate of drug-likeness (QED) is 0.809. The number of para-hydroxylation sites is 1. The standard InChI is InChI=1S/C13H18ClNO3/c1-9(14)7-8-15-13(16)10-5-4-6-11(17-2)12(10)18-3/h4-6,9H,7-8H2,1-3H3,(H,15,16). The smallest absolute Gasteiger partial charge is 0.255 e. The Labute approximate surface area is 112 Å². The number of benzene rings is 1. The lowest BCUT2D eigenvalue weighted by Crippen LogP contribution is -2.26. The summed E-state index contributed by atoms with van der Waals surface area (Å²) in [7, 11) is 3.05. The topological polar surface area (TPSA) is 47.6 Å². The normalized spacial score (nSPS) is 11.8. The van der Waals surface area contributed by atoms with Crippen LogP contribution < -0.4 is 14.8 Å². The zero-order chi connectivity index (χ0) is 13.5. The van der Waals surface area contributed by atoms with Crippen molar-refractivity contribution >= 4 is 17.5 Å². The first-order valence-electron chi connectivity index (χ1n) is 5.73. The van der Waals surface area contributed by atoms with Gasteiger partial charge in [-0.3, -0.25) is 4.79 Å². The minimum atomic E-state index is -0.192. The van der Waals surface area contributed by atoms with Gasteiger partial charge in [0, 0.05) is 11.9 Å². The number of carbonyl (C=O) groups is 1. The van der Waals surface area contributed by atoms with Crippen molar-refractivity contribution in [2.75, 3.05) is 20.8 Å². The minimum Gasteiger partial charge on any atom is -0.493 e. The van der Waals surface area contributed by atoms with E-state index in [0.29, 0.717) is 23.6 Å². The number of hydrogen-bond acceptors (Lipinski definition) is 3. The number of methoxy groups -OCH3 is 2. The first kappa shape index (κ1) is 14.6. The zero-order valence-corrected chi connectivity index (χ0v) is 11.6. The molecular formula is C13H18ClNO3.